The molecule has 0 unspecified atom stereocenters. The number of alkyl halides is 5. The Morgan fingerprint density at radius 3 is 1.91 bits per heavy atom. The molecule has 7 nitrogen and oxygen atoms in total. The second-order valence-corrected chi connectivity index (χ2v) is 10.5. The number of nitrogens with one attached hydrogen (secondary N) is 1. The highest BCUT2D eigenvalue weighted by atomic mass is 32.2. The summed E-state index contributed by atoms with van der Waals surface area (Å²) in [7, 11) is -9.18. The first-order valence-corrected chi connectivity index (χ1v) is 12.3. The van der Waals surface area contributed by atoms with Gasteiger partial charge in [-0.3, -0.25) is 4.79 Å². The van der Waals surface area contributed by atoms with Crippen LogP contribution in [0.5, 0.6) is 5.75 Å². The van der Waals surface area contributed by atoms with Gasteiger partial charge in [-0.1, -0.05) is 12.1 Å². The SMILES string of the molecule is O=C(NS(=O)(=O)c1cccc(S(=O)(=O)c2cccc(C(F)(F)F)c2)c1)c1ccc(OC(F)F)cc1. The van der Waals surface area contributed by atoms with Crippen LogP contribution in [0, 0.1) is 0 Å². The molecule has 3 aromatic carbocycles. The number of carbonyl (C=O) groups excluding carboxylic acids is 1. The van der Waals surface area contributed by atoms with Gasteiger partial charge in [0.25, 0.3) is 15.9 Å². The Bertz CT molecular complexity index is 1450. The second-order valence-electron chi connectivity index (χ2n) is 6.84. The molecule has 0 saturated carbocycles. The van der Waals surface area contributed by atoms with Crippen LogP contribution < -0.4 is 9.46 Å². The molecule has 0 atom stereocenters. The predicted molar refractivity (Wildman–Crippen MR) is 111 cm³/mol. The molecule has 0 saturated heterocycles. The third-order valence-corrected chi connectivity index (χ3v) is 7.54. The zero-order valence-corrected chi connectivity index (χ0v) is 18.8. The standard InChI is InChI=1S/C21H14F5NO6S2/c22-20(23)33-15-9-7-13(8-10-15)19(28)27-35(31,32)18-6-2-5-17(12-18)34(29,30)16-4-1-3-14(11-16)21(24,25)26/h1-12,20H,(H,27,28). The highest BCUT2D eigenvalue weighted by Crippen LogP contribution is 2.32. The maximum Gasteiger partial charge on any atom is 0.416 e. The van der Waals surface area contributed by atoms with Crippen molar-refractivity contribution in [3.8, 4) is 5.75 Å². The normalized spacial score (nSPS) is 12.4. The lowest BCUT2D eigenvalue weighted by Gasteiger charge is -2.11. The lowest BCUT2D eigenvalue weighted by atomic mass is 10.2. The van der Waals surface area contributed by atoms with E-state index in [-0.39, 0.29) is 11.3 Å². The van der Waals surface area contributed by atoms with Gasteiger partial charge in [0.2, 0.25) is 9.84 Å². The molecule has 0 bridgehead atoms. The molecule has 1 amide bonds. The zero-order chi connectivity index (χ0) is 26.0. The van der Waals surface area contributed by atoms with Gasteiger partial charge in [-0.2, -0.15) is 22.0 Å². The van der Waals surface area contributed by atoms with Gasteiger partial charge < -0.3 is 4.74 Å². The summed E-state index contributed by atoms with van der Waals surface area (Å²) in [6.07, 6.45) is -4.80. The fraction of sp³-hybridized carbons (Fsp3) is 0.0952. The van der Waals surface area contributed by atoms with Crippen molar-refractivity contribution in [1.29, 1.82) is 0 Å². The van der Waals surface area contributed by atoms with E-state index >= 15 is 0 Å². The van der Waals surface area contributed by atoms with Crippen molar-refractivity contribution in [1.82, 2.24) is 4.72 Å². The number of benzene rings is 3. The first kappa shape index (κ1) is 26.1. The molecule has 0 aliphatic rings. The second kappa shape index (κ2) is 9.62. The van der Waals surface area contributed by atoms with E-state index in [4.69, 9.17) is 0 Å². The minimum absolute atomic E-state index is 0.233. The Labute approximate surface area is 196 Å². The van der Waals surface area contributed by atoms with Crippen LogP contribution in [-0.2, 0) is 26.0 Å². The fourth-order valence-electron chi connectivity index (χ4n) is 2.81. The van der Waals surface area contributed by atoms with Crippen LogP contribution in [0.1, 0.15) is 15.9 Å². The van der Waals surface area contributed by atoms with Gasteiger partial charge in [0.05, 0.1) is 20.2 Å². The van der Waals surface area contributed by atoms with E-state index in [1.807, 2.05) is 0 Å². The minimum Gasteiger partial charge on any atom is -0.435 e. The highest BCUT2D eigenvalue weighted by Gasteiger charge is 2.32. The molecular weight excluding hydrogens is 521 g/mol. The van der Waals surface area contributed by atoms with Gasteiger partial charge in [0.1, 0.15) is 5.75 Å². The summed E-state index contributed by atoms with van der Waals surface area (Å²) in [5, 5.41) is 0. The molecule has 3 aromatic rings. The van der Waals surface area contributed by atoms with Crippen LogP contribution >= 0.6 is 0 Å². The number of sulfonamides is 1. The summed E-state index contributed by atoms with van der Waals surface area (Å²) in [4.78, 5) is 10.3. The molecule has 0 aliphatic carbocycles. The van der Waals surface area contributed by atoms with Crippen LogP contribution in [0.25, 0.3) is 0 Å². The number of amides is 1. The minimum atomic E-state index is -4.80. The summed E-state index contributed by atoms with van der Waals surface area (Å²) in [6.45, 7) is -3.10. The highest BCUT2D eigenvalue weighted by molar-refractivity contribution is 7.92. The summed E-state index contributed by atoms with van der Waals surface area (Å²) in [5.41, 5.74) is -1.44. The molecule has 0 spiro atoms. The maximum atomic E-state index is 13.0. The van der Waals surface area contributed by atoms with Crippen molar-refractivity contribution in [3.05, 3.63) is 83.9 Å². The Morgan fingerprint density at radius 1 is 0.800 bits per heavy atom. The number of hydrogen-bond acceptors (Lipinski definition) is 6. The number of sulfone groups is 1. The van der Waals surface area contributed by atoms with Gasteiger partial charge in [0, 0.05) is 5.56 Å². The van der Waals surface area contributed by atoms with Crippen LogP contribution in [0.15, 0.2) is 87.5 Å². The number of ether oxygens (including phenoxy) is 1. The molecule has 0 heterocycles. The summed E-state index contributed by atoms with van der Waals surface area (Å²) >= 11 is 0. The number of carbonyl (C=O) groups is 1. The largest absolute Gasteiger partial charge is 0.435 e. The van der Waals surface area contributed by atoms with Gasteiger partial charge >= 0.3 is 12.8 Å². The van der Waals surface area contributed by atoms with Gasteiger partial charge in [-0.05, 0) is 60.7 Å². The molecule has 35 heavy (non-hydrogen) atoms. The van der Waals surface area contributed by atoms with E-state index in [0.29, 0.717) is 18.2 Å². The van der Waals surface area contributed by atoms with E-state index in [0.717, 1.165) is 54.6 Å². The van der Waals surface area contributed by atoms with Gasteiger partial charge in [0.15, 0.2) is 0 Å². The van der Waals surface area contributed by atoms with Crippen LogP contribution in [-0.4, -0.2) is 29.4 Å². The first-order valence-electron chi connectivity index (χ1n) is 9.34. The van der Waals surface area contributed by atoms with Crippen LogP contribution in [0.4, 0.5) is 22.0 Å². The predicted octanol–water partition coefficient (Wildman–Crippen LogP) is 4.26. The molecule has 0 fully saturated rings. The Kier molecular flexibility index (Phi) is 7.17. The number of halogens is 5. The molecule has 0 aliphatic heterocycles. The first-order chi connectivity index (χ1) is 16.2. The quantitative estimate of drug-likeness (QED) is 0.454. The van der Waals surface area contributed by atoms with Crippen molar-refractivity contribution in [2.75, 3.05) is 0 Å². The van der Waals surface area contributed by atoms with E-state index in [9.17, 15) is 43.6 Å². The fourth-order valence-corrected chi connectivity index (χ4v) is 5.26. The Balaban J connectivity index is 1.88. The molecular formula is C21H14F5NO6S2. The van der Waals surface area contributed by atoms with Gasteiger partial charge in [-0.15, -0.1) is 0 Å². The van der Waals surface area contributed by atoms with Gasteiger partial charge in [-0.25, -0.2) is 21.6 Å². The number of rotatable bonds is 7. The average Bonchev–Trinajstić information content (AvgIpc) is 2.78. The van der Waals surface area contributed by atoms with Crippen molar-refractivity contribution >= 4 is 25.8 Å². The molecule has 3 rings (SSSR count). The summed E-state index contributed by atoms with van der Waals surface area (Å²) in [6, 6.07) is 10.7. The van der Waals surface area contributed by atoms with E-state index in [1.54, 1.807) is 4.72 Å². The summed E-state index contributed by atoms with van der Waals surface area (Å²) < 4.78 is 120. The topological polar surface area (TPSA) is 107 Å². The monoisotopic (exact) mass is 535 g/mol. The van der Waals surface area contributed by atoms with Crippen molar-refractivity contribution < 1.29 is 48.3 Å². The molecule has 0 radical (unpaired) electrons. The number of hydrogen-bond donors (Lipinski definition) is 1. The molecule has 186 valence electrons. The van der Waals surface area contributed by atoms with Crippen molar-refractivity contribution in [2.24, 2.45) is 0 Å². The lowest BCUT2D eigenvalue weighted by Crippen LogP contribution is -2.30. The van der Waals surface area contributed by atoms with E-state index in [1.165, 1.54) is 0 Å². The Morgan fingerprint density at radius 2 is 1.34 bits per heavy atom. The van der Waals surface area contributed by atoms with Crippen molar-refractivity contribution in [2.45, 2.75) is 27.5 Å². The average molecular weight is 535 g/mol. The van der Waals surface area contributed by atoms with Crippen LogP contribution in [0.2, 0.25) is 0 Å². The Hall–Kier alpha value is -3.52. The van der Waals surface area contributed by atoms with Crippen molar-refractivity contribution in [3.63, 3.8) is 0 Å². The van der Waals surface area contributed by atoms with Crippen LogP contribution in [0.3, 0.4) is 0 Å². The molecule has 0 aromatic heterocycles. The molecule has 14 heteroatoms. The maximum absolute atomic E-state index is 13.0. The summed E-state index contributed by atoms with van der Waals surface area (Å²) in [5.74, 6) is -1.42. The molecule has 1 N–H and O–H groups in total. The zero-order valence-electron chi connectivity index (χ0n) is 17.2. The van der Waals surface area contributed by atoms with E-state index < -0.39 is 58.8 Å². The smallest absolute Gasteiger partial charge is 0.416 e. The third kappa shape index (κ3) is 6.14. The van der Waals surface area contributed by atoms with E-state index in [2.05, 4.69) is 4.74 Å². The third-order valence-electron chi connectivity index (χ3n) is 4.47. The lowest BCUT2D eigenvalue weighted by molar-refractivity contribution is -0.137.